The van der Waals surface area contributed by atoms with Crippen LogP contribution in [0.15, 0.2) is 30.6 Å². The molecule has 108 valence electrons. The summed E-state index contributed by atoms with van der Waals surface area (Å²) in [5.41, 5.74) is 2.35. The fourth-order valence-corrected chi connectivity index (χ4v) is 2.19. The molecule has 0 fully saturated rings. The molecular formula is C15H15ClN4O. The van der Waals surface area contributed by atoms with Gasteiger partial charge in [-0.25, -0.2) is 9.97 Å². The van der Waals surface area contributed by atoms with Crippen LogP contribution in [0.3, 0.4) is 0 Å². The average molecular weight is 303 g/mol. The minimum Gasteiger partial charge on any atom is -0.491 e. The van der Waals surface area contributed by atoms with Gasteiger partial charge in [0.25, 0.3) is 0 Å². The Kier molecular flexibility index (Phi) is 3.75. The number of aromatic nitrogens is 4. The van der Waals surface area contributed by atoms with Gasteiger partial charge in [-0.1, -0.05) is 18.5 Å². The van der Waals surface area contributed by atoms with Gasteiger partial charge < -0.3 is 4.74 Å². The first-order valence-electron chi connectivity index (χ1n) is 6.80. The second-order valence-corrected chi connectivity index (χ2v) is 5.23. The van der Waals surface area contributed by atoms with Gasteiger partial charge in [0.2, 0.25) is 0 Å². The zero-order valence-corrected chi connectivity index (χ0v) is 12.6. The molecule has 1 atom stereocenters. The fourth-order valence-electron chi connectivity index (χ4n) is 2.04. The van der Waals surface area contributed by atoms with E-state index < -0.39 is 0 Å². The van der Waals surface area contributed by atoms with Crippen LogP contribution in [0, 0.1) is 0 Å². The van der Waals surface area contributed by atoms with Crippen molar-refractivity contribution in [2.75, 3.05) is 0 Å². The van der Waals surface area contributed by atoms with Crippen LogP contribution in [0.25, 0.3) is 22.3 Å². The van der Waals surface area contributed by atoms with Gasteiger partial charge >= 0.3 is 0 Å². The Hall–Kier alpha value is -2.14. The highest BCUT2D eigenvalue weighted by molar-refractivity contribution is 6.29. The Morgan fingerprint density at radius 3 is 2.90 bits per heavy atom. The molecule has 0 aliphatic heterocycles. The van der Waals surface area contributed by atoms with Gasteiger partial charge in [0, 0.05) is 11.5 Å². The largest absolute Gasteiger partial charge is 0.491 e. The van der Waals surface area contributed by atoms with Gasteiger partial charge in [-0.05, 0) is 31.5 Å². The van der Waals surface area contributed by atoms with Crippen molar-refractivity contribution < 1.29 is 4.74 Å². The van der Waals surface area contributed by atoms with Gasteiger partial charge in [-0.15, -0.1) is 0 Å². The molecule has 0 spiro atoms. The number of fused-ring (bicyclic) bond motifs is 1. The predicted molar refractivity (Wildman–Crippen MR) is 82.5 cm³/mol. The first-order chi connectivity index (χ1) is 10.2. The number of nitrogens with one attached hydrogen (secondary N) is 1. The number of halogens is 1. The highest BCUT2D eigenvalue weighted by Gasteiger charge is 2.12. The normalized spacial score (nSPS) is 12.5. The Morgan fingerprint density at radius 2 is 2.14 bits per heavy atom. The Morgan fingerprint density at radius 1 is 1.29 bits per heavy atom. The zero-order valence-electron chi connectivity index (χ0n) is 11.8. The quantitative estimate of drug-likeness (QED) is 0.743. The summed E-state index contributed by atoms with van der Waals surface area (Å²) in [4.78, 5) is 8.11. The second kappa shape index (κ2) is 5.69. The van der Waals surface area contributed by atoms with E-state index in [1.54, 1.807) is 6.07 Å². The van der Waals surface area contributed by atoms with Gasteiger partial charge in [0.1, 0.15) is 22.9 Å². The molecule has 0 aliphatic carbocycles. The van der Waals surface area contributed by atoms with Crippen LogP contribution in [-0.4, -0.2) is 26.3 Å². The topological polar surface area (TPSA) is 63.7 Å². The molecule has 0 amide bonds. The molecule has 0 saturated carbocycles. The van der Waals surface area contributed by atoms with E-state index in [-0.39, 0.29) is 6.10 Å². The molecule has 3 rings (SSSR count). The van der Waals surface area contributed by atoms with Gasteiger partial charge in [0.05, 0.1) is 17.3 Å². The van der Waals surface area contributed by atoms with Crippen LogP contribution in [0.5, 0.6) is 5.75 Å². The molecule has 2 aromatic heterocycles. The van der Waals surface area contributed by atoms with Crippen LogP contribution >= 0.6 is 11.6 Å². The maximum atomic E-state index is 5.92. The van der Waals surface area contributed by atoms with Crippen molar-refractivity contribution in [3.8, 4) is 17.1 Å². The summed E-state index contributed by atoms with van der Waals surface area (Å²) in [5.74, 6) is 0.819. The van der Waals surface area contributed by atoms with Crippen molar-refractivity contribution in [2.24, 2.45) is 0 Å². The smallest absolute Gasteiger partial charge is 0.133 e. The molecule has 6 heteroatoms. The van der Waals surface area contributed by atoms with Crippen molar-refractivity contribution in [3.05, 3.63) is 35.7 Å². The lowest BCUT2D eigenvalue weighted by molar-refractivity contribution is 0.218. The standard InChI is InChI=1S/C15H15ClN4O/c1-3-9(2)21-10-4-5-12-11(6-10)15(20-19-12)13-7-14(16)18-8-17-13/h4-9H,3H2,1-2H3,(H,19,20). The number of aromatic amines is 1. The lowest BCUT2D eigenvalue weighted by Crippen LogP contribution is -2.09. The molecule has 1 aromatic carbocycles. The molecule has 0 saturated heterocycles. The fraction of sp³-hybridized carbons (Fsp3) is 0.267. The van der Waals surface area contributed by atoms with E-state index in [0.717, 1.165) is 28.8 Å². The van der Waals surface area contributed by atoms with Crippen LogP contribution < -0.4 is 4.74 Å². The molecule has 3 aromatic rings. The summed E-state index contributed by atoms with van der Waals surface area (Å²) in [7, 11) is 0. The van der Waals surface area contributed by atoms with E-state index in [2.05, 4.69) is 27.1 Å². The van der Waals surface area contributed by atoms with E-state index in [1.807, 2.05) is 25.1 Å². The van der Waals surface area contributed by atoms with Crippen molar-refractivity contribution in [2.45, 2.75) is 26.4 Å². The lowest BCUT2D eigenvalue weighted by Gasteiger charge is -2.12. The summed E-state index contributed by atoms with van der Waals surface area (Å²) in [6, 6.07) is 7.55. The van der Waals surface area contributed by atoms with E-state index in [9.17, 15) is 0 Å². The van der Waals surface area contributed by atoms with Crippen molar-refractivity contribution in [3.63, 3.8) is 0 Å². The average Bonchev–Trinajstić information content (AvgIpc) is 2.90. The van der Waals surface area contributed by atoms with E-state index in [4.69, 9.17) is 16.3 Å². The summed E-state index contributed by atoms with van der Waals surface area (Å²) < 4.78 is 5.86. The van der Waals surface area contributed by atoms with Gasteiger partial charge in [-0.2, -0.15) is 5.10 Å². The van der Waals surface area contributed by atoms with Crippen LogP contribution in [0.1, 0.15) is 20.3 Å². The third-order valence-corrected chi connectivity index (χ3v) is 3.53. The van der Waals surface area contributed by atoms with E-state index in [0.29, 0.717) is 10.8 Å². The number of benzene rings is 1. The summed E-state index contributed by atoms with van der Waals surface area (Å²) in [6.45, 7) is 4.14. The van der Waals surface area contributed by atoms with Gasteiger partial charge in [0.15, 0.2) is 0 Å². The molecule has 21 heavy (non-hydrogen) atoms. The molecule has 0 bridgehead atoms. The minimum absolute atomic E-state index is 0.172. The first-order valence-corrected chi connectivity index (χ1v) is 7.18. The van der Waals surface area contributed by atoms with E-state index in [1.165, 1.54) is 6.33 Å². The van der Waals surface area contributed by atoms with Crippen LogP contribution in [-0.2, 0) is 0 Å². The molecule has 1 unspecified atom stereocenters. The van der Waals surface area contributed by atoms with Crippen molar-refractivity contribution in [1.82, 2.24) is 20.2 Å². The Balaban J connectivity index is 2.05. The summed E-state index contributed by atoms with van der Waals surface area (Å²) in [5, 5.41) is 8.65. The third-order valence-electron chi connectivity index (χ3n) is 3.32. The SMILES string of the molecule is CCC(C)Oc1ccc2[nH]nc(-c3cc(Cl)ncn3)c2c1. The summed E-state index contributed by atoms with van der Waals surface area (Å²) >= 11 is 5.92. The van der Waals surface area contributed by atoms with Crippen molar-refractivity contribution in [1.29, 1.82) is 0 Å². The molecular weight excluding hydrogens is 288 g/mol. The number of hydrogen-bond donors (Lipinski definition) is 1. The van der Waals surface area contributed by atoms with Gasteiger partial charge in [-0.3, -0.25) is 5.10 Å². The highest BCUT2D eigenvalue weighted by Crippen LogP contribution is 2.29. The zero-order chi connectivity index (χ0) is 14.8. The predicted octanol–water partition coefficient (Wildman–Crippen LogP) is 3.85. The second-order valence-electron chi connectivity index (χ2n) is 4.84. The first kappa shape index (κ1) is 13.8. The minimum atomic E-state index is 0.172. The number of ether oxygens (including phenoxy) is 1. The highest BCUT2D eigenvalue weighted by atomic mass is 35.5. The number of hydrogen-bond acceptors (Lipinski definition) is 4. The van der Waals surface area contributed by atoms with Crippen LogP contribution in [0.2, 0.25) is 5.15 Å². The molecule has 2 heterocycles. The molecule has 0 radical (unpaired) electrons. The molecule has 5 nitrogen and oxygen atoms in total. The molecule has 1 N–H and O–H groups in total. The molecule has 0 aliphatic rings. The number of rotatable bonds is 4. The Labute approximate surface area is 127 Å². The third kappa shape index (κ3) is 2.83. The van der Waals surface area contributed by atoms with Crippen molar-refractivity contribution >= 4 is 22.5 Å². The maximum absolute atomic E-state index is 5.92. The number of nitrogens with zero attached hydrogens (tertiary/aromatic N) is 3. The number of H-pyrrole nitrogens is 1. The maximum Gasteiger partial charge on any atom is 0.133 e. The monoisotopic (exact) mass is 302 g/mol. The van der Waals surface area contributed by atoms with E-state index >= 15 is 0 Å². The Bertz CT molecular complexity index is 771. The summed E-state index contributed by atoms with van der Waals surface area (Å²) in [6.07, 6.45) is 2.56. The lowest BCUT2D eigenvalue weighted by atomic mass is 10.1. The van der Waals surface area contributed by atoms with Crippen LogP contribution in [0.4, 0.5) is 0 Å².